The highest BCUT2D eigenvalue weighted by Crippen LogP contribution is 2.34. The molecule has 1 aromatic rings. The molecule has 3 heterocycles. The van der Waals surface area contributed by atoms with E-state index in [4.69, 9.17) is 0 Å². The molecule has 0 saturated carbocycles. The molecular weight excluding hydrogens is 302 g/mol. The summed E-state index contributed by atoms with van der Waals surface area (Å²) in [5.74, 6) is 1.33. The van der Waals surface area contributed by atoms with Gasteiger partial charge in [0.2, 0.25) is 5.91 Å². The Morgan fingerprint density at radius 3 is 2.79 bits per heavy atom. The first-order chi connectivity index (χ1) is 11.5. The molecule has 0 bridgehead atoms. The fraction of sp³-hybridized carbons (Fsp3) is 0.667. The van der Waals surface area contributed by atoms with Crippen LogP contribution in [-0.4, -0.2) is 74.5 Å². The van der Waals surface area contributed by atoms with Gasteiger partial charge in [0.15, 0.2) is 0 Å². The maximum atomic E-state index is 13.3. The number of carbonyl (C=O) groups is 1. The van der Waals surface area contributed by atoms with Crippen LogP contribution >= 0.6 is 0 Å². The maximum absolute atomic E-state index is 13.3. The van der Waals surface area contributed by atoms with E-state index in [9.17, 15) is 4.79 Å². The summed E-state index contributed by atoms with van der Waals surface area (Å²) in [6.45, 7) is 13.1. The lowest BCUT2D eigenvalue weighted by molar-refractivity contribution is -0.152. The van der Waals surface area contributed by atoms with Gasteiger partial charge in [0.25, 0.3) is 0 Å². The van der Waals surface area contributed by atoms with Crippen LogP contribution < -0.4 is 0 Å². The van der Waals surface area contributed by atoms with Gasteiger partial charge in [-0.2, -0.15) is 0 Å². The van der Waals surface area contributed by atoms with Gasteiger partial charge in [-0.15, -0.1) is 6.58 Å². The molecule has 0 aromatic carbocycles. The molecule has 1 amide bonds. The van der Waals surface area contributed by atoms with E-state index in [1.807, 2.05) is 30.4 Å². The lowest BCUT2D eigenvalue weighted by Gasteiger charge is -2.48. The van der Waals surface area contributed by atoms with E-state index in [0.717, 1.165) is 51.5 Å². The first-order valence-electron chi connectivity index (χ1n) is 8.83. The van der Waals surface area contributed by atoms with E-state index in [1.165, 1.54) is 0 Å². The van der Waals surface area contributed by atoms with Crippen molar-refractivity contribution in [1.82, 2.24) is 24.3 Å². The SMILES string of the molecule is C=CCN1CCN(C(C)C)C(=O)C12CCN(Cc1nccn1C)C2. The van der Waals surface area contributed by atoms with Crippen LogP contribution in [0.4, 0.5) is 0 Å². The molecule has 24 heavy (non-hydrogen) atoms. The van der Waals surface area contributed by atoms with Crippen LogP contribution in [0.1, 0.15) is 26.1 Å². The maximum Gasteiger partial charge on any atom is 0.244 e. The summed E-state index contributed by atoms with van der Waals surface area (Å²) in [6, 6.07) is 0.254. The van der Waals surface area contributed by atoms with Crippen molar-refractivity contribution in [3.63, 3.8) is 0 Å². The second-order valence-electron chi connectivity index (χ2n) is 7.27. The Labute approximate surface area is 144 Å². The number of rotatable bonds is 5. The van der Waals surface area contributed by atoms with Gasteiger partial charge < -0.3 is 9.47 Å². The average Bonchev–Trinajstić information content (AvgIpc) is 3.13. The van der Waals surface area contributed by atoms with Crippen LogP contribution in [0.25, 0.3) is 0 Å². The molecule has 1 atom stereocenters. The Morgan fingerprint density at radius 2 is 2.17 bits per heavy atom. The van der Waals surface area contributed by atoms with Crippen molar-refractivity contribution >= 4 is 5.91 Å². The largest absolute Gasteiger partial charge is 0.337 e. The molecule has 2 fully saturated rings. The van der Waals surface area contributed by atoms with Crippen LogP contribution in [0.2, 0.25) is 0 Å². The topological polar surface area (TPSA) is 44.6 Å². The number of nitrogens with zero attached hydrogens (tertiary/aromatic N) is 5. The molecule has 3 rings (SSSR count). The molecule has 6 nitrogen and oxygen atoms in total. The summed E-state index contributed by atoms with van der Waals surface area (Å²) in [6.07, 6.45) is 6.60. The Hall–Kier alpha value is -1.66. The highest BCUT2D eigenvalue weighted by molar-refractivity contribution is 5.88. The number of likely N-dealkylation sites (tertiary alicyclic amines) is 1. The van der Waals surface area contributed by atoms with Crippen LogP contribution in [0, 0.1) is 0 Å². The molecule has 0 radical (unpaired) electrons. The van der Waals surface area contributed by atoms with Crippen molar-refractivity contribution < 1.29 is 4.79 Å². The summed E-state index contributed by atoms with van der Waals surface area (Å²) in [5, 5.41) is 0. The number of hydrogen-bond acceptors (Lipinski definition) is 4. The Kier molecular flexibility index (Phi) is 4.78. The Balaban J connectivity index is 1.80. The fourth-order valence-corrected chi connectivity index (χ4v) is 4.05. The van der Waals surface area contributed by atoms with E-state index < -0.39 is 5.54 Å². The van der Waals surface area contributed by atoms with E-state index >= 15 is 0 Å². The number of hydrogen-bond donors (Lipinski definition) is 0. The first kappa shape index (κ1) is 17.2. The van der Waals surface area contributed by atoms with E-state index in [-0.39, 0.29) is 11.9 Å². The second kappa shape index (κ2) is 6.69. The third-order valence-corrected chi connectivity index (χ3v) is 5.46. The minimum Gasteiger partial charge on any atom is -0.337 e. The van der Waals surface area contributed by atoms with Crippen LogP contribution in [0.5, 0.6) is 0 Å². The van der Waals surface area contributed by atoms with E-state index in [1.54, 1.807) is 0 Å². The Bertz CT molecular complexity index is 610. The van der Waals surface area contributed by atoms with E-state index in [0.29, 0.717) is 0 Å². The zero-order valence-corrected chi connectivity index (χ0v) is 15.1. The predicted molar refractivity (Wildman–Crippen MR) is 94.5 cm³/mol. The average molecular weight is 331 g/mol. The number of amides is 1. The summed E-state index contributed by atoms with van der Waals surface area (Å²) in [5.41, 5.74) is -0.401. The molecule has 0 N–H and O–H groups in total. The van der Waals surface area contributed by atoms with Gasteiger partial charge in [-0.1, -0.05) is 6.08 Å². The number of imidazole rings is 1. The van der Waals surface area contributed by atoms with Crippen molar-refractivity contribution in [3.8, 4) is 0 Å². The third-order valence-electron chi connectivity index (χ3n) is 5.46. The van der Waals surface area contributed by atoms with Crippen molar-refractivity contribution in [2.24, 2.45) is 7.05 Å². The van der Waals surface area contributed by atoms with Crippen molar-refractivity contribution in [2.45, 2.75) is 38.4 Å². The zero-order valence-electron chi connectivity index (χ0n) is 15.1. The smallest absolute Gasteiger partial charge is 0.244 e. The van der Waals surface area contributed by atoms with Gasteiger partial charge in [-0.25, -0.2) is 4.98 Å². The molecule has 2 aliphatic rings. The molecule has 132 valence electrons. The number of piperazine rings is 1. The zero-order chi connectivity index (χ0) is 17.3. The molecule has 2 aliphatic heterocycles. The molecule has 1 spiro atoms. The molecule has 2 saturated heterocycles. The summed E-state index contributed by atoms with van der Waals surface area (Å²) in [7, 11) is 2.02. The standard InChI is InChI=1S/C18H29N5O/c1-5-8-22-11-12-23(15(2)3)17(24)18(22)6-9-21(14-18)13-16-19-7-10-20(16)4/h5,7,10,15H,1,6,8-9,11-14H2,2-4H3. The summed E-state index contributed by atoms with van der Waals surface area (Å²) in [4.78, 5) is 24.5. The molecule has 1 aromatic heterocycles. The van der Waals surface area contributed by atoms with Gasteiger partial charge >= 0.3 is 0 Å². The van der Waals surface area contributed by atoms with Gasteiger partial charge in [0, 0.05) is 58.2 Å². The van der Waals surface area contributed by atoms with Gasteiger partial charge in [-0.3, -0.25) is 14.6 Å². The van der Waals surface area contributed by atoms with Crippen molar-refractivity contribution in [3.05, 3.63) is 30.9 Å². The highest BCUT2D eigenvalue weighted by atomic mass is 16.2. The normalized spacial score (nSPS) is 26.0. The molecular formula is C18H29N5O. The monoisotopic (exact) mass is 331 g/mol. The van der Waals surface area contributed by atoms with Crippen molar-refractivity contribution in [2.75, 3.05) is 32.7 Å². The lowest BCUT2D eigenvalue weighted by Crippen LogP contribution is -2.68. The number of aryl methyl sites for hydroxylation is 1. The fourth-order valence-electron chi connectivity index (χ4n) is 4.05. The van der Waals surface area contributed by atoms with Crippen LogP contribution in [0.3, 0.4) is 0 Å². The minimum atomic E-state index is -0.401. The number of carbonyl (C=O) groups excluding carboxylic acids is 1. The molecule has 1 unspecified atom stereocenters. The number of aromatic nitrogens is 2. The van der Waals surface area contributed by atoms with Crippen LogP contribution in [-0.2, 0) is 18.4 Å². The van der Waals surface area contributed by atoms with Gasteiger partial charge in [0.1, 0.15) is 11.4 Å². The summed E-state index contributed by atoms with van der Waals surface area (Å²) < 4.78 is 2.05. The van der Waals surface area contributed by atoms with Crippen molar-refractivity contribution in [1.29, 1.82) is 0 Å². The van der Waals surface area contributed by atoms with E-state index in [2.05, 4.69) is 39.8 Å². The molecule has 0 aliphatic carbocycles. The lowest BCUT2D eigenvalue weighted by atomic mass is 9.90. The quantitative estimate of drug-likeness (QED) is 0.758. The van der Waals surface area contributed by atoms with Crippen LogP contribution in [0.15, 0.2) is 25.0 Å². The second-order valence-corrected chi connectivity index (χ2v) is 7.27. The van der Waals surface area contributed by atoms with Gasteiger partial charge in [-0.05, 0) is 20.3 Å². The highest BCUT2D eigenvalue weighted by Gasteiger charge is 2.53. The first-order valence-corrected chi connectivity index (χ1v) is 8.83. The summed E-state index contributed by atoms with van der Waals surface area (Å²) >= 11 is 0. The third kappa shape index (κ3) is 2.89. The van der Waals surface area contributed by atoms with Gasteiger partial charge in [0.05, 0.1) is 6.54 Å². The Morgan fingerprint density at radius 1 is 1.38 bits per heavy atom. The minimum absolute atomic E-state index is 0.254. The predicted octanol–water partition coefficient (Wildman–Crippen LogP) is 1.10. The molecule has 6 heteroatoms.